The number of nitrogens with one attached hydrogen (secondary N) is 1. The van der Waals surface area contributed by atoms with Gasteiger partial charge in [0, 0.05) is 17.9 Å². The summed E-state index contributed by atoms with van der Waals surface area (Å²) in [6.45, 7) is 1.41. The molecule has 0 fully saturated rings. The highest BCUT2D eigenvalue weighted by atomic mass is 32.1. The third-order valence-electron chi connectivity index (χ3n) is 2.47. The zero-order valence-electron chi connectivity index (χ0n) is 11.2. The third-order valence-corrected chi connectivity index (χ3v) is 3.27. The molecule has 0 bridgehead atoms. The summed E-state index contributed by atoms with van der Waals surface area (Å²) in [5.41, 5.74) is 1.41. The molecule has 0 atom stereocenters. The molecule has 2 aromatic rings. The Morgan fingerprint density at radius 2 is 2.05 bits per heavy atom. The maximum absolute atomic E-state index is 11.8. The summed E-state index contributed by atoms with van der Waals surface area (Å²) in [4.78, 5) is 37.3. The van der Waals surface area contributed by atoms with Crippen molar-refractivity contribution in [1.82, 2.24) is 4.98 Å². The SMILES string of the molecule is CC(=O)Nc1nc(COC(=O)c2ccc(C=O)cc2)cs1. The largest absolute Gasteiger partial charge is 0.456 e. The van der Waals surface area contributed by atoms with Crippen molar-refractivity contribution in [3.05, 3.63) is 46.5 Å². The fraction of sp³-hybridized carbons (Fsp3) is 0.143. The molecule has 0 aliphatic carbocycles. The Kier molecular flexibility index (Phi) is 4.78. The van der Waals surface area contributed by atoms with Crippen molar-refractivity contribution in [1.29, 1.82) is 0 Å². The van der Waals surface area contributed by atoms with Crippen LogP contribution in [-0.2, 0) is 16.1 Å². The number of thiazole rings is 1. The van der Waals surface area contributed by atoms with Crippen LogP contribution in [0.4, 0.5) is 5.13 Å². The Balaban J connectivity index is 1.92. The van der Waals surface area contributed by atoms with Crippen LogP contribution in [0.5, 0.6) is 0 Å². The Labute approximate surface area is 124 Å². The van der Waals surface area contributed by atoms with Gasteiger partial charge in [-0.1, -0.05) is 12.1 Å². The van der Waals surface area contributed by atoms with Gasteiger partial charge in [-0.15, -0.1) is 11.3 Å². The highest BCUT2D eigenvalue weighted by molar-refractivity contribution is 7.13. The second kappa shape index (κ2) is 6.76. The van der Waals surface area contributed by atoms with E-state index in [4.69, 9.17) is 4.74 Å². The summed E-state index contributed by atoms with van der Waals surface area (Å²) in [6, 6.07) is 6.13. The highest BCUT2D eigenvalue weighted by Crippen LogP contribution is 2.16. The molecule has 1 amide bonds. The lowest BCUT2D eigenvalue weighted by atomic mass is 10.1. The second-order valence-electron chi connectivity index (χ2n) is 4.14. The third kappa shape index (κ3) is 4.22. The molecule has 0 spiro atoms. The van der Waals surface area contributed by atoms with Gasteiger partial charge in [0.25, 0.3) is 0 Å². The average molecular weight is 304 g/mol. The summed E-state index contributed by atoms with van der Waals surface area (Å²) in [7, 11) is 0. The number of aldehydes is 1. The molecule has 0 radical (unpaired) electrons. The number of hydrogen-bond donors (Lipinski definition) is 1. The predicted octanol–water partition coefficient (Wildman–Crippen LogP) is 2.27. The van der Waals surface area contributed by atoms with E-state index >= 15 is 0 Å². The van der Waals surface area contributed by atoms with Crippen molar-refractivity contribution in [2.75, 3.05) is 5.32 Å². The number of anilines is 1. The molecule has 0 saturated carbocycles. The Bertz CT molecular complexity index is 664. The number of esters is 1. The lowest BCUT2D eigenvalue weighted by Crippen LogP contribution is -2.07. The molecule has 7 heteroatoms. The minimum absolute atomic E-state index is 0.0182. The summed E-state index contributed by atoms with van der Waals surface area (Å²) >= 11 is 1.26. The molecule has 2 rings (SSSR count). The first kappa shape index (κ1) is 14.9. The smallest absolute Gasteiger partial charge is 0.338 e. The first-order valence-electron chi connectivity index (χ1n) is 6.03. The normalized spacial score (nSPS) is 9.95. The fourth-order valence-electron chi connectivity index (χ4n) is 1.50. The van der Waals surface area contributed by atoms with Crippen molar-refractivity contribution in [2.24, 2.45) is 0 Å². The molecule has 1 heterocycles. The molecule has 6 nitrogen and oxygen atoms in total. The number of benzene rings is 1. The molecule has 21 heavy (non-hydrogen) atoms. The van der Waals surface area contributed by atoms with Crippen LogP contribution < -0.4 is 5.32 Å². The number of ether oxygens (including phenoxy) is 1. The minimum Gasteiger partial charge on any atom is -0.456 e. The van der Waals surface area contributed by atoms with Crippen LogP contribution in [0.3, 0.4) is 0 Å². The number of nitrogens with zero attached hydrogens (tertiary/aromatic N) is 1. The fourth-order valence-corrected chi connectivity index (χ4v) is 2.24. The van der Waals surface area contributed by atoms with Gasteiger partial charge in [-0.3, -0.25) is 9.59 Å². The lowest BCUT2D eigenvalue weighted by molar-refractivity contribution is -0.114. The molecule has 1 N–H and O–H groups in total. The zero-order valence-corrected chi connectivity index (χ0v) is 12.0. The minimum atomic E-state index is -0.499. The maximum Gasteiger partial charge on any atom is 0.338 e. The van der Waals surface area contributed by atoms with Crippen LogP contribution in [0.2, 0.25) is 0 Å². The van der Waals surface area contributed by atoms with E-state index in [-0.39, 0.29) is 12.5 Å². The van der Waals surface area contributed by atoms with Crippen LogP contribution in [0, 0.1) is 0 Å². The molecular formula is C14H12N2O4S. The summed E-state index contributed by atoms with van der Waals surface area (Å²) in [6.07, 6.45) is 0.702. The Hall–Kier alpha value is -2.54. The van der Waals surface area contributed by atoms with E-state index in [0.717, 1.165) is 0 Å². The summed E-state index contributed by atoms with van der Waals surface area (Å²) < 4.78 is 5.11. The van der Waals surface area contributed by atoms with Crippen molar-refractivity contribution in [2.45, 2.75) is 13.5 Å². The first-order valence-corrected chi connectivity index (χ1v) is 6.91. The Morgan fingerprint density at radius 1 is 1.33 bits per heavy atom. The molecule has 0 aliphatic heterocycles. The molecule has 0 aliphatic rings. The van der Waals surface area contributed by atoms with Gasteiger partial charge in [0.05, 0.1) is 11.3 Å². The van der Waals surface area contributed by atoms with Crippen LogP contribution in [0.15, 0.2) is 29.6 Å². The molecule has 0 saturated heterocycles. The van der Waals surface area contributed by atoms with Crippen molar-refractivity contribution in [3.8, 4) is 0 Å². The standard InChI is InChI=1S/C14H12N2O4S/c1-9(18)15-14-16-12(8-21-14)7-20-13(19)11-4-2-10(6-17)3-5-11/h2-6,8H,7H2,1H3,(H,15,16,18). The van der Waals surface area contributed by atoms with Gasteiger partial charge in [-0.25, -0.2) is 9.78 Å². The number of aromatic nitrogens is 1. The van der Waals surface area contributed by atoms with Crippen LogP contribution >= 0.6 is 11.3 Å². The van der Waals surface area contributed by atoms with E-state index in [2.05, 4.69) is 10.3 Å². The van der Waals surface area contributed by atoms with Crippen molar-refractivity contribution in [3.63, 3.8) is 0 Å². The number of amides is 1. The molecular weight excluding hydrogens is 292 g/mol. The highest BCUT2D eigenvalue weighted by Gasteiger charge is 2.09. The maximum atomic E-state index is 11.8. The molecule has 0 unspecified atom stereocenters. The van der Waals surface area contributed by atoms with E-state index in [1.54, 1.807) is 17.5 Å². The van der Waals surface area contributed by atoms with Gasteiger partial charge in [-0.2, -0.15) is 0 Å². The van der Waals surface area contributed by atoms with Gasteiger partial charge in [-0.05, 0) is 12.1 Å². The van der Waals surface area contributed by atoms with E-state index in [1.165, 1.54) is 30.4 Å². The zero-order chi connectivity index (χ0) is 15.2. The monoisotopic (exact) mass is 304 g/mol. The summed E-state index contributed by atoms with van der Waals surface area (Å²) in [5, 5.41) is 4.72. The Morgan fingerprint density at radius 3 is 2.67 bits per heavy atom. The first-order chi connectivity index (χ1) is 10.1. The van der Waals surface area contributed by atoms with E-state index in [1.807, 2.05) is 0 Å². The molecule has 1 aromatic carbocycles. The van der Waals surface area contributed by atoms with E-state index in [0.29, 0.717) is 28.2 Å². The van der Waals surface area contributed by atoms with Gasteiger partial charge >= 0.3 is 5.97 Å². The van der Waals surface area contributed by atoms with E-state index < -0.39 is 5.97 Å². The summed E-state index contributed by atoms with van der Waals surface area (Å²) in [5.74, 6) is -0.704. The van der Waals surface area contributed by atoms with Gasteiger partial charge in [0.1, 0.15) is 12.9 Å². The van der Waals surface area contributed by atoms with Crippen LogP contribution in [0.25, 0.3) is 0 Å². The average Bonchev–Trinajstić information content (AvgIpc) is 2.91. The topological polar surface area (TPSA) is 85.4 Å². The van der Waals surface area contributed by atoms with Crippen LogP contribution in [0.1, 0.15) is 33.3 Å². The van der Waals surface area contributed by atoms with Crippen LogP contribution in [-0.4, -0.2) is 23.1 Å². The number of carbonyl (C=O) groups excluding carboxylic acids is 3. The second-order valence-corrected chi connectivity index (χ2v) is 5.00. The number of rotatable bonds is 5. The van der Waals surface area contributed by atoms with Crippen molar-refractivity contribution >= 4 is 34.6 Å². The lowest BCUT2D eigenvalue weighted by Gasteiger charge is -2.03. The number of hydrogen-bond acceptors (Lipinski definition) is 6. The predicted molar refractivity (Wildman–Crippen MR) is 77.4 cm³/mol. The quantitative estimate of drug-likeness (QED) is 0.676. The van der Waals surface area contributed by atoms with Gasteiger partial charge in [0.15, 0.2) is 5.13 Å². The molecule has 108 valence electrons. The number of carbonyl (C=O) groups is 3. The van der Waals surface area contributed by atoms with Crippen molar-refractivity contribution < 1.29 is 19.1 Å². The van der Waals surface area contributed by atoms with E-state index in [9.17, 15) is 14.4 Å². The van der Waals surface area contributed by atoms with Gasteiger partial charge < -0.3 is 10.1 Å². The van der Waals surface area contributed by atoms with Gasteiger partial charge in [0.2, 0.25) is 5.91 Å². The molecule has 1 aromatic heterocycles.